The van der Waals surface area contributed by atoms with Crippen LogP contribution >= 0.6 is 11.6 Å². The van der Waals surface area contributed by atoms with Crippen molar-refractivity contribution in [3.63, 3.8) is 0 Å². The van der Waals surface area contributed by atoms with Gasteiger partial charge in [-0.15, -0.1) is 5.10 Å². The van der Waals surface area contributed by atoms with E-state index >= 15 is 0 Å². The first-order valence-electron chi connectivity index (χ1n) is 9.85. The number of carbonyl (C=O) groups is 2. The van der Waals surface area contributed by atoms with Gasteiger partial charge in [-0.2, -0.15) is 4.98 Å². The van der Waals surface area contributed by atoms with Crippen LogP contribution in [-0.2, 0) is 9.59 Å². The highest BCUT2D eigenvalue weighted by molar-refractivity contribution is 6.30. The minimum Gasteiger partial charge on any atom is -0.550 e. The van der Waals surface area contributed by atoms with Crippen molar-refractivity contribution >= 4 is 41.1 Å². The molecule has 0 fully saturated rings. The molecule has 2 aromatic carbocycles. The van der Waals surface area contributed by atoms with E-state index < -0.39 is 17.9 Å². The van der Waals surface area contributed by atoms with Crippen molar-refractivity contribution in [2.75, 3.05) is 10.6 Å². The van der Waals surface area contributed by atoms with Gasteiger partial charge in [0.25, 0.3) is 5.95 Å². The summed E-state index contributed by atoms with van der Waals surface area (Å²) in [6.45, 7) is 0. The van der Waals surface area contributed by atoms with Gasteiger partial charge in [-0.1, -0.05) is 35.9 Å². The van der Waals surface area contributed by atoms with E-state index in [2.05, 4.69) is 20.7 Å². The molecule has 0 aliphatic carbocycles. The number of anilines is 2. The molecule has 0 bridgehead atoms. The summed E-state index contributed by atoms with van der Waals surface area (Å²) >= 11 is 6.00. The Balaban J connectivity index is 1.62. The smallest absolute Gasteiger partial charge is 0.250 e. The van der Waals surface area contributed by atoms with Gasteiger partial charge in [0.15, 0.2) is 0 Å². The number of nitrogens with one attached hydrogen (secondary N) is 2. The Kier molecular flexibility index (Phi) is 6.18. The number of carbonyl (C=O) groups excluding carboxylic acids is 2. The van der Waals surface area contributed by atoms with E-state index in [-0.39, 0.29) is 31.0 Å². The number of halogens is 2. The molecule has 0 spiro atoms. The van der Waals surface area contributed by atoms with Crippen molar-refractivity contribution in [3.05, 3.63) is 76.6 Å². The lowest BCUT2D eigenvalue weighted by Crippen LogP contribution is -2.22. The number of carboxylic acid groups (broad SMARTS) is 1. The zero-order valence-corrected chi connectivity index (χ0v) is 17.5. The summed E-state index contributed by atoms with van der Waals surface area (Å²) in [6.07, 6.45) is 1.87. The number of aliphatic carboxylic acids is 1. The summed E-state index contributed by atoms with van der Waals surface area (Å²) < 4.78 is 15.1. The number of amides is 1. The number of carboxylic acids is 1. The summed E-state index contributed by atoms with van der Waals surface area (Å²) in [4.78, 5) is 27.0. The van der Waals surface area contributed by atoms with Crippen LogP contribution in [0.15, 0.2) is 54.6 Å². The fourth-order valence-corrected chi connectivity index (χ4v) is 3.45. The minimum absolute atomic E-state index is 0.000940. The molecular weight excluding hydrogens is 437 g/mol. The molecule has 1 atom stereocenters. The SMILES string of the molecule is O=C([O-])CCCC(=O)Nc1nc2n(n1)[C@H](c1ccc(F)cc1)C=C(c1ccc(Cl)cc1)N2. The van der Waals surface area contributed by atoms with Crippen LogP contribution in [0.1, 0.15) is 36.4 Å². The van der Waals surface area contributed by atoms with Crippen LogP contribution in [0.4, 0.5) is 16.3 Å². The Labute approximate surface area is 187 Å². The molecule has 3 aromatic rings. The van der Waals surface area contributed by atoms with Gasteiger partial charge in [0.2, 0.25) is 11.9 Å². The number of allylic oxidation sites excluding steroid dienone is 1. The van der Waals surface area contributed by atoms with Crippen LogP contribution < -0.4 is 15.7 Å². The van der Waals surface area contributed by atoms with Crippen LogP contribution in [0.25, 0.3) is 5.70 Å². The first-order valence-corrected chi connectivity index (χ1v) is 10.2. The number of aromatic nitrogens is 3. The van der Waals surface area contributed by atoms with E-state index in [9.17, 15) is 19.1 Å². The molecule has 1 aliphatic heterocycles. The monoisotopic (exact) mass is 454 g/mol. The standard InChI is InChI=1S/C22H19ClFN5O3/c23-15-8-4-13(5-9-15)17-12-18(14-6-10-16(24)11-7-14)29-22(25-17)27-21(28-29)26-19(30)2-1-3-20(31)32/h4-12,18H,1-3H2,(H,31,32)(H2,25,26,27,28,30)/p-1/t18-/m0/s1. The molecule has 164 valence electrons. The highest BCUT2D eigenvalue weighted by atomic mass is 35.5. The minimum atomic E-state index is -1.21. The Morgan fingerprint density at radius 1 is 1.12 bits per heavy atom. The summed E-state index contributed by atoms with van der Waals surface area (Å²) in [6, 6.07) is 12.9. The van der Waals surface area contributed by atoms with Crippen LogP contribution in [-0.4, -0.2) is 26.6 Å². The molecule has 0 unspecified atom stereocenters. The zero-order chi connectivity index (χ0) is 22.7. The Bertz CT molecular complexity index is 1180. The van der Waals surface area contributed by atoms with Crippen LogP contribution in [0.2, 0.25) is 5.02 Å². The second kappa shape index (κ2) is 9.19. The van der Waals surface area contributed by atoms with Crippen molar-refractivity contribution in [2.24, 2.45) is 0 Å². The van der Waals surface area contributed by atoms with E-state index in [0.29, 0.717) is 11.0 Å². The molecule has 4 rings (SSSR count). The van der Waals surface area contributed by atoms with E-state index in [1.165, 1.54) is 12.1 Å². The molecule has 10 heteroatoms. The van der Waals surface area contributed by atoms with Crippen molar-refractivity contribution in [2.45, 2.75) is 25.3 Å². The van der Waals surface area contributed by atoms with E-state index in [0.717, 1.165) is 16.8 Å². The molecule has 1 amide bonds. The first-order chi connectivity index (χ1) is 15.4. The summed E-state index contributed by atoms with van der Waals surface area (Å²) in [5.74, 6) is -1.51. The first kappa shape index (κ1) is 21.5. The van der Waals surface area contributed by atoms with E-state index in [1.54, 1.807) is 28.9 Å². The average molecular weight is 455 g/mol. The molecule has 0 radical (unpaired) electrons. The molecule has 0 saturated heterocycles. The van der Waals surface area contributed by atoms with Gasteiger partial charge in [-0.25, -0.2) is 9.07 Å². The zero-order valence-electron chi connectivity index (χ0n) is 16.7. The fraction of sp³-hybridized carbons (Fsp3) is 0.182. The summed E-state index contributed by atoms with van der Waals surface area (Å²) in [7, 11) is 0. The number of hydrogen-bond acceptors (Lipinski definition) is 6. The van der Waals surface area contributed by atoms with Gasteiger partial charge >= 0.3 is 0 Å². The van der Waals surface area contributed by atoms with Gasteiger partial charge < -0.3 is 15.2 Å². The highest BCUT2D eigenvalue weighted by Crippen LogP contribution is 2.33. The Morgan fingerprint density at radius 2 is 1.84 bits per heavy atom. The van der Waals surface area contributed by atoms with E-state index in [1.807, 2.05) is 18.2 Å². The average Bonchev–Trinajstić information content (AvgIpc) is 3.16. The highest BCUT2D eigenvalue weighted by Gasteiger charge is 2.26. The van der Waals surface area contributed by atoms with Crippen molar-refractivity contribution in [1.29, 1.82) is 0 Å². The van der Waals surface area contributed by atoms with Crippen molar-refractivity contribution < 1.29 is 19.1 Å². The molecule has 1 aromatic heterocycles. The lowest BCUT2D eigenvalue weighted by Gasteiger charge is -2.24. The maximum Gasteiger partial charge on any atom is 0.250 e. The van der Waals surface area contributed by atoms with Gasteiger partial charge in [-0.05, 0) is 54.3 Å². The van der Waals surface area contributed by atoms with Crippen LogP contribution in [0.5, 0.6) is 0 Å². The second-order valence-corrected chi connectivity index (χ2v) is 7.62. The van der Waals surface area contributed by atoms with Gasteiger partial charge in [0.1, 0.15) is 11.9 Å². The molecular formula is C22H18ClFN5O3-. The third-order valence-electron chi connectivity index (χ3n) is 4.87. The molecule has 1 aliphatic rings. The third-order valence-corrected chi connectivity index (χ3v) is 5.12. The summed E-state index contributed by atoms with van der Waals surface area (Å²) in [5, 5.41) is 21.3. The molecule has 0 saturated carbocycles. The second-order valence-electron chi connectivity index (χ2n) is 7.19. The predicted molar refractivity (Wildman–Crippen MR) is 115 cm³/mol. The van der Waals surface area contributed by atoms with Crippen molar-refractivity contribution in [1.82, 2.24) is 14.8 Å². The third kappa shape index (κ3) is 4.94. The normalized spacial score (nSPS) is 14.8. The lowest BCUT2D eigenvalue weighted by atomic mass is 10.0. The van der Waals surface area contributed by atoms with Gasteiger partial charge in [0, 0.05) is 23.1 Å². The Morgan fingerprint density at radius 3 is 2.53 bits per heavy atom. The largest absolute Gasteiger partial charge is 0.550 e. The topological polar surface area (TPSA) is 112 Å². The number of benzene rings is 2. The number of fused-ring (bicyclic) bond motifs is 1. The number of rotatable bonds is 7. The lowest BCUT2D eigenvalue weighted by molar-refractivity contribution is -0.305. The van der Waals surface area contributed by atoms with Crippen LogP contribution in [0.3, 0.4) is 0 Å². The maximum atomic E-state index is 13.5. The molecule has 32 heavy (non-hydrogen) atoms. The summed E-state index contributed by atoms with van der Waals surface area (Å²) in [5.41, 5.74) is 2.39. The predicted octanol–water partition coefficient (Wildman–Crippen LogP) is 2.99. The number of hydrogen-bond donors (Lipinski definition) is 2. The fourth-order valence-electron chi connectivity index (χ4n) is 3.32. The quantitative estimate of drug-likeness (QED) is 0.567. The molecule has 8 nitrogen and oxygen atoms in total. The van der Waals surface area contributed by atoms with Crippen LogP contribution in [0, 0.1) is 5.82 Å². The van der Waals surface area contributed by atoms with E-state index in [4.69, 9.17) is 11.6 Å². The molecule has 2 heterocycles. The molecule has 2 N–H and O–H groups in total. The maximum absolute atomic E-state index is 13.5. The van der Waals surface area contributed by atoms with Gasteiger partial charge in [0.05, 0.1) is 0 Å². The van der Waals surface area contributed by atoms with Crippen molar-refractivity contribution in [3.8, 4) is 0 Å². The Hall–Kier alpha value is -3.72. The van der Waals surface area contributed by atoms with Gasteiger partial charge in [-0.3, -0.25) is 10.1 Å². The number of nitrogens with zero attached hydrogens (tertiary/aromatic N) is 3.